The number of benzene rings is 2. The predicted molar refractivity (Wildman–Crippen MR) is 172 cm³/mol. The van der Waals surface area contributed by atoms with Crippen LogP contribution in [0.5, 0.6) is 0 Å². The Bertz CT molecular complexity index is 1720. The molecule has 13 heteroatoms. The summed E-state index contributed by atoms with van der Waals surface area (Å²) in [5.74, 6) is -0.803. The van der Waals surface area contributed by atoms with Crippen molar-refractivity contribution in [1.29, 1.82) is 0 Å². The Morgan fingerprint density at radius 1 is 1.22 bits per heavy atom. The molecule has 0 radical (unpaired) electrons. The number of hydrogen-bond acceptors (Lipinski definition) is 7. The number of nitrogens with one attached hydrogen (secondary N) is 1. The second kappa shape index (κ2) is 13.3. The molecule has 4 heterocycles. The number of aliphatic imine (C=N–C) groups is 1. The molecule has 4 aromatic rings. The summed E-state index contributed by atoms with van der Waals surface area (Å²) in [6.45, 7) is 5.90. The summed E-state index contributed by atoms with van der Waals surface area (Å²) >= 11 is 1.21. The Morgan fingerprint density at radius 2 is 2.00 bits per heavy atom. The topological polar surface area (TPSA) is 101 Å². The van der Waals surface area contributed by atoms with Crippen LogP contribution in [0.1, 0.15) is 65.4 Å². The third-order valence-electron chi connectivity index (χ3n) is 8.98. The number of likely N-dealkylation sites (tertiary alicyclic amines) is 1. The van der Waals surface area contributed by atoms with E-state index in [1.807, 2.05) is 31.2 Å². The van der Waals surface area contributed by atoms with E-state index in [4.69, 9.17) is 5.73 Å². The van der Waals surface area contributed by atoms with Crippen molar-refractivity contribution in [3.63, 3.8) is 0 Å². The number of halogens is 4. The molecule has 1 fully saturated rings. The van der Waals surface area contributed by atoms with Gasteiger partial charge in [0.1, 0.15) is 12.3 Å². The van der Waals surface area contributed by atoms with Gasteiger partial charge in [-0.15, -0.1) is 11.3 Å². The van der Waals surface area contributed by atoms with Crippen molar-refractivity contribution >= 4 is 34.3 Å². The first-order valence-corrected chi connectivity index (χ1v) is 16.1. The Hall–Kier alpha value is -4.10. The number of fused-ring (bicyclic) bond motifs is 1. The number of nitrogens with two attached hydrogens (primary N) is 1. The van der Waals surface area contributed by atoms with E-state index in [-0.39, 0.29) is 41.4 Å². The molecule has 2 aromatic heterocycles. The SMILES string of the molecule is CCN1CC[C@@H](c2ccc(-c3cc(C(F)F)c(C=NC(C(=O)Nc4nccs4)c4ncn5c4C[C@@H](F)C5)c(N)c3C)cc2)[C@H](F)C1. The predicted octanol–water partition coefficient (Wildman–Crippen LogP) is 6.68. The molecule has 2 aliphatic heterocycles. The van der Waals surface area contributed by atoms with Gasteiger partial charge in [-0.3, -0.25) is 15.1 Å². The van der Waals surface area contributed by atoms with Gasteiger partial charge >= 0.3 is 0 Å². The maximum atomic E-state index is 14.9. The molecule has 0 spiro atoms. The van der Waals surface area contributed by atoms with Crippen LogP contribution < -0.4 is 11.1 Å². The summed E-state index contributed by atoms with van der Waals surface area (Å²) in [5, 5.41) is 4.71. The Labute approximate surface area is 268 Å². The van der Waals surface area contributed by atoms with Crippen molar-refractivity contribution in [2.75, 3.05) is 30.7 Å². The van der Waals surface area contributed by atoms with Gasteiger partial charge in [0.05, 0.1) is 18.6 Å². The number of imidazole rings is 1. The van der Waals surface area contributed by atoms with Crippen LogP contribution in [0.15, 0.2) is 53.2 Å². The minimum atomic E-state index is -2.90. The lowest BCUT2D eigenvalue weighted by Gasteiger charge is -2.34. The fraction of sp³-hybridized carbons (Fsp3) is 0.394. The van der Waals surface area contributed by atoms with Gasteiger partial charge in [0.2, 0.25) is 0 Å². The van der Waals surface area contributed by atoms with Crippen LogP contribution in [0.2, 0.25) is 0 Å². The van der Waals surface area contributed by atoms with Gasteiger partial charge in [-0.2, -0.15) is 0 Å². The summed E-state index contributed by atoms with van der Waals surface area (Å²) < 4.78 is 59.9. The van der Waals surface area contributed by atoms with Crippen LogP contribution in [-0.2, 0) is 17.8 Å². The van der Waals surface area contributed by atoms with E-state index in [1.165, 1.54) is 36.1 Å². The quantitative estimate of drug-likeness (QED) is 0.119. The van der Waals surface area contributed by atoms with Crippen molar-refractivity contribution in [2.45, 2.75) is 64.0 Å². The van der Waals surface area contributed by atoms with Crippen LogP contribution in [0.25, 0.3) is 11.1 Å². The zero-order valence-corrected chi connectivity index (χ0v) is 26.3. The van der Waals surface area contributed by atoms with Crippen molar-refractivity contribution in [3.05, 3.63) is 81.9 Å². The van der Waals surface area contributed by atoms with Gasteiger partial charge in [0.15, 0.2) is 11.2 Å². The van der Waals surface area contributed by atoms with Crippen molar-refractivity contribution in [1.82, 2.24) is 19.4 Å². The third-order valence-corrected chi connectivity index (χ3v) is 9.67. The van der Waals surface area contributed by atoms with E-state index < -0.39 is 30.7 Å². The molecule has 46 heavy (non-hydrogen) atoms. The number of thiazole rings is 1. The molecule has 0 saturated carbocycles. The monoisotopic (exact) mass is 653 g/mol. The van der Waals surface area contributed by atoms with Crippen LogP contribution in [0.3, 0.4) is 0 Å². The molecule has 8 nitrogen and oxygen atoms in total. The summed E-state index contributed by atoms with van der Waals surface area (Å²) in [5.41, 5.74) is 9.63. The van der Waals surface area contributed by atoms with E-state index in [0.717, 1.165) is 18.7 Å². The average molecular weight is 654 g/mol. The molecule has 1 amide bonds. The van der Waals surface area contributed by atoms with Crippen LogP contribution >= 0.6 is 11.3 Å². The van der Waals surface area contributed by atoms with Gasteiger partial charge in [0.25, 0.3) is 12.3 Å². The molecule has 2 aliphatic rings. The number of alkyl halides is 4. The second-order valence-corrected chi connectivity index (χ2v) is 12.6. The Kier molecular flexibility index (Phi) is 9.23. The molecule has 0 aliphatic carbocycles. The Morgan fingerprint density at radius 3 is 2.67 bits per heavy atom. The lowest BCUT2D eigenvalue weighted by molar-refractivity contribution is -0.117. The number of rotatable bonds is 9. The first kappa shape index (κ1) is 31.9. The van der Waals surface area contributed by atoms with E-state index in [0.29, 0.717) is 40.5 Å². The molecule has 242 valence electrons. The first-order valence-electron chi connectivity index (χ1n) is 15.2. The maximum Gasteiger partial charge on any atom is 0.264 e. The maximum absolute atomic E-state index is 14.9. The number of anilines is 2. The minimum Gasteiger partial charge on any atom is -0.398 e. The van der Waals surface area contributed by atoms with Gasteiger partial charge in [0, 0.05) is 59.2 Å². The number of amides is 1. The minimum absolute atomic E-state index is 0.0119. The van der Waals surface area contributed by atoms with Crippen LogP contribution in [-0.4, -0.2) is 63.5 Å². The van der Waals surface area contributed by atoms with Crippen LogP contribution in [0.4, 0.5) is 28.4 Å². The van der Waals surface area contributed by atoms with Crippen molar-refractivity contribution in [2.24, 2.45) is 4.99 Å². The second-order valence-electron chi connectivity index (χ2n) is 11.7. The van der Waals surface area contributed by atoms with Gasteiger partial charge in [-0.25, -0.2) is 27.5 Å². The molecular formula is C33H35F4N7OS. The zero-order chi connectivity index (χ0) is 32.5. The number of piperidine rings is 1. The van der Waals surface area contributed by atoms with Gasteiger partial charge in [-0.05, 0) is 54.8 Å². The van der Waals surface area contributed by atoms with E-state index in [2.05, 4.69) is 25.2 Å². The van der Waals surface area contributed by atoms with E-state index in [1.54, 1.807) is 16.9 Å². The summed E-state index contributed by atoms with van der Waals surface area (Å²) in [6, 6.07) is 7.48. The molecule has 3 N–H and O–H groups in total. The molecule has 1 unspecified atom stereocenters. The lowest BCUT2D eigenvalue weighted by Crippen LogP contribution is -2.40. The molecule has 6 rings (SSSR count). The highest BCUT2D eigenvalue weighted by atomic mass is 32.1. The molecular weight excluding hydrogens is 618 g/mol. The highest BCUT2D eigenvalue weighted by Crippen LogP contribution is 2.38. The first-order chi connectivity index (χ1) is 22.1. The fourth-order valence-electron chi connectivity index (χ4n) is 6.40. The van der Waals surface area contributed by atoms with Crippen molar-refractivity contribution < 1.29 is 22.4 Å². The molecule has 4 atom stereocenters. The highest BCUT2D eigenvalue weighted by Gasteiger charge is 2.33. The average Bonchev–Trinajstić information content (AvgIpc) is 3.78. The zero-order valence-electron chi connectivity index (χ0n) is 25.5. The van der Waals surface area contributed by atoms with Crippen molar-refractivity contribution in [3.8, 4) is 11.1 Å². The molecule has 1 saturated heterocycles. The largest absolute Gasteiger partial charge is 0.398 e. The number of nitrogens with zero attached hydrogens (tertiary/aromatic N) is 5. The normalized spacial score (nSPS) is 20.8. The number of hydrogen-bond donors (Lipinski definition) is 2. The summed E-state index contributed by atoms with van der Waals surface area (Å²) in [7, 11) is 0. The van der Waals surface area contributed by atoms with E-state index in [9.17, 15) is 22.4 Å². The number of carbonyl (C=O) groups excluding carboxylic acids is 1. The fourth-order valence-corrected chi connectivity index (χ4v) is 6.93. The van der Waals surface area contributed by atoms with Crippen LogP contribution in [0, 0.1) is 6.92 Å². The smallest absolute Gasteiger partial charge is 0.264 e. The lowest BCUT2D eigenvalue weighted by atomic mass is 9.86. The summed E-state index contributed by atoms with van der Waals surface area (Å²) in [4.78, 5) is 28.4. The van der Waals surface area contributed by atoms with E-state index >= 15 is 0 Å². The standard InChI is InChI=1S/C33H35F4N7OS/c1-3-43-10-8-22(26(35)16-43)19-4-6-20(7-5-19)23-13-24(31(36)37)25(28(38)18(23)2)14-40-30(32(45)42-33-39-9-11-46-33)29-27-12-21(34)15-44(27)17-41-29/h4-7,9,11,13-14,17,21-22,26,30-31H,3,8,10,12,15-16,38H2,1-2H3,(H,39,42,45)/t21-,22+,26-,30?/m1/s1. The Balaban J connectivity index is 1.32. The molecule has 0 bridgehead atoms. The van der Waals surface area contributed by atoms with Gasteiger partial charge in [-0.1, -0.05) is 31.2 Å². The number of carbonyl (C=O) groups is 1. The third kappa shape index (κ3) is 6.30. The van der Waals surface area contributed by atoms with Gasteiger partial charge < -0.3 is 15.2 Å². The number of nitrogen functional groups attached to an aromatic ring is 1. The summed E-state index contributed by atoms with van der Waals surface area (Å²) in [6.07, 6.45) is -0.0619. The molecule has 2 aromatic carbocycles. The number of aromatic nitrogens is 3. The highest BCUT2D eigenvalue weighted by molar-refractivity contribution is 7.13.